The molecule has 3 rings (SSSR count). The second-order valence-corrected chi connectivity index (χ2v) is 9.42. The van der Waals surface area contributed by atoms with Crippen LogP contribution in [0.4, 0.5) is 10.1 Å². The van der Waals surface area contributed by atoms with Crippen molar-refractivity contribution in [2.24, 2.45) is 0 Å². The number of hydrogen-bond acceptors (Lipinski definition) is 5. The van der Waals surface area contributed by atoms with Crippen molar-refractivity contribution in [1.29, 1.82) is 0 Å². The highest BCUT2D eigenvalue weighted by Crippen LogP contribution is 2.34. The number of methoxy groups -OCH3 is 1. The van der Waals surface area contributed by atoms with Crippen LogP contribution in [0.2, 0.25) is 5.02 Å². The van der Waals surface area contributed by atoms with Gasteiger partial charge in [0.25, 0.3) is 5.91 Å². The van der Waals surface area contributed by atoms with Gasteiger partial charge in [-0.25, -0.2) is 0 Å². The summed E-state index contributed by atoms with van der Waals surface area (Å²) < 4.78 is 18.5. The third kappa shape index (κ3) is 5.73. The SMILES string of the molecule is CCN(c1cc(Cl)cc(C(=O)NCc2c(OC)[nH]c(F)cc2=O)c1C)[C@H]1CC[C@H](N(C)C)CC1. The Labute approximate surface area is 205 Å². The van der Waals surface area contributed by atoms with E-state index in [1.54, 1.807) is 6.07 Å². The molecule has 0 spiro atoms. The number of hydrogen-bond donors (Lipinski definition) is 2. The number of halogens is 2. The van der Waals surface area contributed by atoms with Crippen LogP contribution in [0.3, 0.4) is 0 Å². The Morgan fingerprint density at radius 1 is 1.21 bits per heavy atom. The lowest BCUT2D eigenvalue weighted by Crippen LogP contribution is -2.42. The lowest BCUT2D eigenvalue weighted by Gasteiger charge is -2.40. The van der Waals surface area contributed by atoms with Crippen LogP contribution in [-0.2, 0) is 6.54 Å². The van der Waals surface area contributed by atoms with Crippen molar-refractivity contribution in [2.75, 3.05) is 32.6 Å². The Bertz CT molecular complexity index is 1080. The van der Waals surface area contributed by atoms with Crippen LogP contribution in [0.1, 0.15) is 54.1 Å². The van der Waals surface area contributed by atoms with E-state index >= 15 is 0 Å². The number of ether oxygens (including phenoxy) is 1. The lowest BCUT2D eigenvalue weighted by molar-refractivity contribution is 0.0950. The fourth-order valence-electron chi connectivity index (χ4n) is 4.85. The molecule has 0 atom stereocenters. The lowest BCUT2D eigenvalue weighted by atomic mass is 9.89. The van der Waals surface area contributed by atoms with Gasteiger partial charge in [-0.2, -0.15) is 4.39 Å². The Balaban J connectivity index is 1.82. The molecule has 0 bridgehead atoms. The van der Waals surface area contributed by atoms with Crippen molar-refractivity contribution in [2.45, 2.75) is 58.2 Å². The van der Waals surface area contributed by atoms with E-state index in [2.05, 4.69) is 41.1 Å². The van der Waals surface area contributed by atoms with Crippen molar-refractivity contribution < 1.29 is 13.9 Å². The second kappa shape index (κ2) is 11.2. The number of nitrogens with one attached hydrogen (secondary N) is 2. The largest absolute Gasteiger partial charge is 0.482 e. The number of amides is 1. The molecule has 1 aliphatic rings. The maximum absolute atomic E-state index is 13.5. The molecule has 0 aliphatic heterocycles. The summed E-state index contributed by atoms with van der Waals surface area (Å²) in [4.78, 5) is 32.3. The number of pyridine rings is 1. The molecular formula is C25H34ClFN4O3. The highest BCUT2D eigenvalue weighted by Gasteiger charge is 2.28. The predicted octanol–water partition coefficient (Wildman–Crippen LogP) is 4.11. The number of aromatic amines is 1. The summed E-state index contributed by atoms with van der Waals surface area (Å²) in [6.45, 7) is 4.73. The molecule has 1 saturated carbocycles. The van der Waals surface area contributed by atoms with Gasteiger partial charge in [0.2, 0.25) is 5.88 Å². The van der Waals surface area contributed by atoms with Gasteiger partial charge in [-0.05, 0) is 71.3 Å². The Hall–Kier alpha value is -2.58. The molecule has 2 aromatic rings. The monoisotopic (exact) mass is 492 g/mol. The van der Waals surface area contributed by atoms with Gasteiger partial charge in [-0.15, -0.1) is 0 Å². The molecule has 9 heteroatoms. The molecule has 1 aliphatic carbocycles. The number of aromatic nitrogens is 1. The van der Waals surface area contributed by atoms with Crippen LogP contribution in [0.25, 0.3) is 0 Å². The van der Waals surface area contributed by atoms with Gasteiger partial charge in [0.05, 0.1) is 19.2 Å². The first-order chi connectivity index (χ1) is 16.2. The summed E-state index contributed by atoms with van der Waals surface area (Å²) in [5.41, 5.74) is 1.82. The second-order valence-electron chi connectivity index (χ2n) is 8.99. The van der Waals surface area contributed by atoms with Crippen molar-refractivity contribution in [3.63, 3.8) is 0 Å². The molecule has 1 aromatic carbocycles. The first-order valence-corrected chi connectivity index (χ1v) is 12.0. The Morgan fingerprint density at radius 2 is 1.85 bits per heavy atom. The van der Waals surface area contributed by atoms with Crippen LogP contribution < -0.4 is 20.4 Å². The molecule has 0 unspecified atom stereocenters. The first-order valence-electron chi connectivity index (χ1n) is 11.6. The van der Waals surface area contributed by atoms with E-state index in [1.807, 2.05) is 13.0 Å². The standard InChI is InChI=1S/C25H34ClFN4O3/c1-6-31(18-9-7-17(8-10-18)30(3)4)21-12-16(26)11-19(15(21)2)24(33)28-14-20-22(32)13-23(27)29-25(20)34-5/h11-13,17-18H,6-10,14H2,1-5H3,(H,28,33)(H,29,32)/t17-,18-. The van der Waals surface area contributed by atoms with Crippen molar-refractivity contribution in [3.05, 3.63) is 56.1 Å². The van der Waals surface area contributed by atoms with Gasteiger partial charge >= 0.3 is 0 Å². The normalized spacial score (nSPS) is 18.1. The van der Waals surface area contributed by atoms with E-state index in [0.29, 0.717) is 22.7 Å². The van der Waals surface area contributed by atoms with Crippen LogP contribution in [0.15, 0.2) is 23.0 Å². The molecule has 1 amide bonds. The number of rotatable bonds is 8. The summed E-state index contributed by atoms with van der Waals surface area (Å²) in [6.07, 6.45) is 4.43. The molecular weight excluding hydrogens is 459 g/mol. The minimum Gasteiger partial charge on any atom is -0.482 e. The zero-order chi connectivity index (χ0) is 25.0. The fourth-order valence-corrected chi connectivity index (χ4v) is 5.06. The van der Waals surface area contributed by atoms with Gasteiger partial charge < -0.3 is 24.8 Å². The molecule has 0 radical (unpaired) electrons. The van der Waals surface area contributed by atoms with Gasteiger partial charge in [0.1, 0.15) is 0 Å². The quantitative estimate of drug-likeness (QED) is 0.542. The molecule has 2 N–H and O–H groups in total. The van der Waals surface area contributed by atoms with E-state index in [0.717, 1.165) is 49.5 Å². The third-order valence-corrected chi connectivity index (χ3v) is 6.99. The van der Waals surface area contributed by atoms with Gasteiger partial charge in [0, 0.05) is 41.0 Å². The number of carbonyl (C=O) groups is 1. The molecule has 1 fully saturated rings. The van der Waals surface area contributed by atoms with Gasteiger partial charge in [-0.1, -0.05) is 11.6 Å². The first kappa shape index (κ1) is 26.0. The summed E-state index contributed by atoms with van der Waals surface area (Å²) in [5, 5.41) is 3.23. The number of H-pyrrole nitrogens is 1. The highest BCUT2D eigenvalue weighted by molar-refractivity contribution is 6.31. The predicted molar refractivity (Wildman–Crippen MR) is 134 cm³/mol. The summed E-state index contributed by atoms with van der Waals surface area (Å²) in [5.74, 6) is -1.18. The Morgan fingerprint density at radius 3 is 2.44 bits per heavy atom. The molecule has 34 heavy (non-hydrogen) atoms. The number of anilines is 1. The van der Waals surface area contributed by atoms with E-state index in [4.69, 9.17) is 16.3 Å². The minimum absolute atomic E-state index is 0.0145. The maximum atomic E-state index is 13.5. The third-order valence-electron chi connectivity index (χ3n) is 6.77. The average Bonchev–Trinajstić information content (AvgIpc) is 2.80. The summed E-state index contributed by atoms with van der Waals surface area (Å²) in [7, 11) is 5.59. The average molecular weight is 493 g/mol. The van der Waals surface area contributed by atoms with E-state index in [9.17, 15) is 14.0 Å². The van der Waals surface area contributed by atoms with Crippen LogP contribution >= 0.6 is 11.6 Å². The topological polar surface area (TPSA) is 77.7 Å². The van der Waals surface area contributed by atoms with Gasteiger partial charge in [-0.3, -0.25) is 9.59 Å². The van der Waals surface area contributed by atoms with Crippen LogP contribution in [0, 0.1) is 12.9 Å². The molecule has 7 nitrogen and oxygen atoms in total. The molecule has 186 valence electrons. The van der Waals surface area contributed by atoms with Crippen LogP contribution in [0.5, 0.6) is 5.88 Å². The van der Waals surface area contributed by atoms with Gasteiger partial charge in [0.15, 0.2) is 11.4 Å². The van der Waals surface area contributed by atoms with E-state index in [1.165, 1.54) is 7.11 Å². The zero-order valence-corrected chi connectivity index (χ0v) is 21.3. The summed E-state index contributed by atoms with van der Waals surface area (Å²) in [6, 6.07) is 5.37. The smallest absolute Gasteiger partial charge is 0.251 e. The molecule has 0 saturated heterocycles. The maximum Gasteiger partial charge on any atom is 0.251 e. The number of nitrogens with zero attached hydrogens (tertiary/aromatic N) is 2. The van der Waals surface area contributed by atoms with Crippen molar-refractivity contribution in [1.82, 2.24) is 15.2 Å². The fraction of sp³-hybridized carbons (Fsp3) is 0.520. The minimum atomic E-state index is -0.800. The van der Waals surface area contributed by atoms with Crippen molar-refractivity contribution >= 4 is 23.2 Å². The highest BCUT2D eigenvalue weighted by atomic mass is 35.5. The van der Waals surface area contributed by atoms with E-state index < -0.39 is 11.4 Å². The zero-order valence-electron chi connectivity index (χ0n) is 20.5. The molecule has 1 aromatic heterocycles. The molecule has 1 heterocycles. The summed E-state index contributed by atoms with van der Waals surface area (Å²) >= 11 is 6.45. The number of carbonyl (C=O) groups excluding carboxylic acids is 1. The number of benzene rings is 1. The van der Waals surface area contributed by atoms with Crippen LogP contribution in [-0.4, -0.2) is 55.6 Å². The van der Waals surface area contributed by atoms with Crippen molar-refractivity contribution in [3.8, 4) is 5.88 Å². The Kier molecular flexibility index (Phi) is 8.60. The van der Waals surface area contributed by atoms with E-state index in [-0.39, 0.29) is 23.9 Å².